The topological polar surface area (TPSA) is 64.6 Å². The molecule has 1 N–H and O–H groups in total. The van der Waals surface area contributed by atoms with Gasteiger partial charge in [0.2, 0.25) is 10.0 Å². The monoisotopic (exact) mass is 403 g/mol. The highest BCUT2D eigenvalue weighted by Crippen LogP contribution is 2.57. The Bertz CT molecular complexity index is 1010. The Hall–Kier alpha value is -2.12. The van der Waals surface area contributed by atoms with E-state index in [4.69, 9.17) is 9.47 Å². The molecule has 2 aliphatic carbocycles. The van der Waals surface area contributed by atoms with E-state index in [0.717, 1.165) is 11.1 Å². The van der Waals surface area contributed by atoms with Crippen molar-refractivity contribution in [3.8, 4) is 11.5 Å². The molecule has 148 valence electrons. The molecule has 1 fully saturated rings. The lowest BCUT2D eigenvalue weighted by Crippen LogP contribution is -2.51. The molecule has 0 radical (unpaired) electrons. The molecule has 3 unspecified atom stereocenters. The van der Waals surface area contributed by atoms with Crippen LogP contribution in [-0.2, 0) is 16.4 Å². The van der Waals surface area contributed by atoms with Crippen LogP contribution in [0.15, 0.2) is 47.4 Å². The third-order valence-electron chi connectivity index (χ3n) is 6.32. The zero-order valence-electron chi connectivity index (χ0n) is 15.5. The molecule has 0 bridgehead atoms. The summed E-state index contributed by atoms with van der Waals surface area (Å²) >= 11 is 0. The fraction of sp³-hybridized carbons (Fsp3) is 0.429. The van der Waals surface area contributed by atoms with Gasteiger partial charge >= 0.3 is 0 Å². The molecule has 2 aromatic carbocycles. The van der Waals surface area contributed by atoms with Crippen molar-refractivity contribution in [1.82, 2.24) is 4.72 Å². The number of halogens is 1. The van der Waals surface area contributed by atoms with Gasteiger partial charge in [-0.15, -0.1) is 0 Å². The summed E-state index contributed by atoms with van der Waals surface area (Å²) < 4.78 is 54.9. The van der Waals surface area contributed by atoms with Gasteiger partial charge in [-0.1, -0.05) is 24.3 Å². The maximum Gasteiger partial charge on any atom is 0.240 e. The van der Waals surface area contributed by atoms with E-state index >= 15 is 0 Å². The van der Waals surface area contributed by atoms with E-state index in [1.165, 1.54) is 0 Å². The van der Waals surface area contributed by atoms with Crippen LogP contribution in [0, 0.1) is 5.92 Å². The van der Waals surface area contributed by atoms with E-state index < -0.39 is 22.3 Å². The smallest absolute Gasteiger partial charge is 0.240 e. The fourth-order valence-corrected chi connectivity index (χ4v) is 6.42. The Balaban J connectivity index is 1.55. The van der Waals surface area contributed by atoms with Crippen LogP contribution in [0.1, 0.15) is 29.9 Å². The van der Waals surface area contributed by atoms with Crippen molar-refractivity contribution in [3.63, 3.8) is 0 Å². The number of benzene rings is 2. The molecule has 7 heteroatoms. The summed E-state index contributed by atoms with van der Waals surface area (Å²) in [7, 11) is -2.07. The molecule has 1 aliphatic heterocycles. The molecule has 1 heterocycles. The predicted octanol–water partition coefficient (Wildman–Crippen LogP) is 3.19. The largest absolute Gasteiger partial charge is 0.493 e. The zero-order chi connectivity index (χ0) is 19.5. The fourth-order valence-electron chi connectivity index (χ4n) is 5.11. The minimum absolute atomic E-state index is 0.00339. The molecular weight excluding hydrogens is 381 g/mol. The van der Waals surface area contributed by atoms with Crippen molar-refractivity contribution in [2.45, 2.75) is 48.4 Å². The normalized spacial score (nSPS) is 30.4. The van der Waals surface area contributed by atoms with Gasteiger partial charge in [-0.2, -0.15) is 0 Å². The zero-order valence-corrected chi connectivity index (χ0v) is 16.3. The molecule has 1 saturated carbocycles. The first-order chi connectivity index (χ1) is 13.5. The second-order valence-electron chi connectivity index (χ2n) is 7.78. The van der Waals surface area contributed by atoms with Gasteiger partial charge in [0, 0.05) is 17.5 Å². The number of methoxy groups -OCH3 is 1. The molecule has 5 nitrogen and oxygen atoms in total. The molecule has 5 rings (SSSR count). The van der Waals surface area contributed by atoms with Crippen LogP contribution >= 0.6 is 0 Å². The average molecular weight is 403 g/mol. The van der Waals surface area contributed by atoms with Crippen LogP contribution in [0.25, 0.3) is 0 Å². The summed E-state index contributed by atoms with van der Waals surface area (Å²) in [5.74, 6) is 1.09. The molecule has 0 aromatic heterocycles. The molecule has 0 saturated heterocycles. The molecule has 5 atom stereocenters. The summed E-state index contributed by atoms with van der Waals surface area (Å²) in [5.41, 5.74) is 2.02. The van der Waals surface area contributed by atoms with E-state index in [1.54, 1.807) is 37.4 Å². The van der Waals surface area contributed by atoms with Crippen molar-refractivity contribution in [1.29, 1.82) is 0 Å². The lowest BCUT2D eigenvalue weighted by atomic mass is 9.65. The number of nitrogens with one attached hydrogen (secondary N) is 1. The first-order valence-corrected chi connectivity index (χ1v) is 11.1. The summed E-state index contributed by atoms with van der Waals surface area (Å²) in [4.78, 5) is 0.245. The van der Waals surface area contributed by atoms with Crippen LogP contribution in [0.2, 0.25) is 0 Å². The lowest BCUT2D eigenvalue weighted by molar-refractivity contribution is 0.0305. The third kappa shape index (κ3) is 2.63. The second-order valence-corrected chi connectivity index (χ2v) is 9.49. The average Bonchev–Trinajstić information content (AvgIpc) is 3.11. The number of alkyl halides is 1. The van der Waals surface area contributed by atoms with E-state index in [2.05, 4.69) is 4.72 Å². The number of ether oxygens (including phenoxy) is 2. The van der Waals surface area contributed by atoms with Gasteiger partial charge in [-0.3, -0.25) is 0 Å². The first kappa shape index (κ1) is 17.9. The Kier molecular flexibility index (Phi) is 4.14. The highest BCUT2D eigenvalue weighted by molar-refractivity contribution is 7.89. The third-order valence-corrected chi connectivity index (χ3v) is 7.83. The number of hydrogen-bond donors (Lipinski definition) is 1. The van der Waals surface area contributed by atoms with Crippen molar-refractivity contribution in [2.75, 3.05) is 7.11 Å². The van der Waals surface area contributed by atoms with Gasteiger partial charge in [0.05, 0.1) is 12.0 Å². The van der Waals surface area contributed by atoms with E-state index in [-0.39, 0.29) is 22.8 Å². The maximum absolute atomic E-state index is 14.7. The van der Waals surface area contributed by atoms with Gasteiger partial charge in [0.1, 0.15) is 12.3 Å². The number of rotatable bonds is 4. The molecule has 0 amide bonds. The Labute approximate surface area is 163 Å². The van der Waals surface area contributed by atoms with Gasteiger partial charge < -0.3 is 9.47 Å². The molecule has 0 spiro atoms. The van der Waals surface area contributed by atoms with E-state index in [9.17, 15) is 12.8 Å². The minimum atomic E-state index is -3.65. The van der Waals surface area contributed by atoms with Gasteiger partial charge in [0.25, 0.3) is 0 Å². The van der Waals surface area contributed by atoms with Crippen LogP contribution in [0.4, 0.5) is 4.39 Å². The van der Waals surface area contributed by atoms with E-state index in [1.807, 2.05) is 12.1 Å². The summed E-state index contributed by atoms with van der Waals surface area (Å²) in [5, 5.41) is 0. The first-order valence-electron chi connectivity index (χ1n) is 9.57. The Morgan fingerprint density at radius 3 is 2.68 bits per heavy atom. The second kappa shape index (κ2) is 6.46. The molecule has 2 aromatic rings. The summed E-state index contributed by atoms with van der Waals surface area (Å²) in [6.07, 6.45) is -0.0688. The van der Waals surface area contributed by atoms with Crippen LogP contribution in [0.5, 0.6) is 11.5 Å². The van der Waals surface area contributed by atoms with Crippen LogP contribution in [0.3, 0.4) is 0 Å². The summed E-state index contributed by atoms with van der Waals surface area (Å²) in [6.45, 7) is 0. The molecule has 28 heavy (non-hydrogen) atoms. The number of hydrogen-bond acceptors (Lipinski definition) is 4. The van der Waals surface area contributed by atoms with Gasteiger partial charge in [0.15, 0.2) is 11.5 Å². The van der Waals surface area contributed by atoms with E-state index in [0.29, 0.717) is 30.8 Å². The Morgan fingerprint density at radius 2 is 1.93 bits per heavy atom. The van der Waals surface area contributed by atoms with Crippen molar-refractivity contribution < 1.29 is 22.3 Å². The standard InChI is InChI=1S/C21H22FNO4S/c1-26-17-10-7-12-11-16(23-28(24,25)13-5-3-2-4-6-13)14-8-9-15(22)20-19(14)18(12)21(17)27-20/h2-7,10,14-16,19-20,23H,8-9,11H2,1H3/t14?,15?,16-,19?,20+/m0/s1. The molecule has 3 aliphatic rings. The number of sulfonamides is 1. The highest BCUT2D eigenvalue weighted by atomic mass is 32.2. The van der Waals surface area contributed by atoms with Crippen molar-refractivity contribution >= 4 is 10.0 Å². The van der Waals surface area contributed by atoms with Crippen molar-refractivity contribution in [3.05, 3.63) is 53.6 Å². The highest BCUT2D eigenvalue weighted by Gasteiger charge is 2.54. The minimum Gasteiger partial charge on any atom is -0.493 e. The summed E-state index contributed by atoms with van der Waals surface area (Å²) in [6, 6.07) is 11.8. The molecular formula is C21H22FNO4S. The van der Waals surface area contributed by atoms with Gasteiger partial charge in [-0.05, 0) is 48.9 Å². The Morgan fingerprint density at radius 1 is 1.14 bits per heavy atom. The van der Waals surface area contributed by atoms with Crippen LogP contribution < -0.4 is 14.2 Å². The quantitative estimate of drug-likeness (QED) is 0.852. The predicted molar refractivity (Wildman–Crippen MR) is 102 cm³/mol. The van der Waals surface area contributed by atoms with Gasteiger partial charge in [-0.25, -0.2) is 17.5 Å². The lowest BCUT2D eigenvalue weighted by Gasteiger charge is -2.43. The van der Waals surface area contributed by atoms with Crippen molar-refractivity contribution in [2.24, 2.45) is 5.92 Å². The maximum atomic E-state index is 14.7. The van der Waals surface area contributed by atoms with Crippen LogP contribution in [-0.4, -0.2) is 33.8 Å². The SMILES string of the molecule is COc1ccc2c3c1O[C@@H]1C(F)CCC(C31)[C@@H](NS(=O)(=O)c1ccccc1)C2.